The smallest absolute Gasteiger partial charge is 0.340 e. The summed E-state index contributed by atoms with van der Waals surface area (Å²) in [5.41, 5.74) is 5.42. The van der Waals surface area contributed by atoms with E-state index in [1.54, 1.807) is 12.1 Å². The van der Waals surface area contributed by atoms with Gasteiger partial charge in [0.2, 0.25) is 0 Å². The van der Waals surface area contributed by atoms with Crippen LogP contribution in [0.4, 0.5) is 17.6 Å². The number of fused-ring (bicyclic) bond motifs is 1. The Morgan fingerprint density at radius 1 is 0.909 bits per heavy atom. The molecule has 0 unspecified atom stereocenters. The van der Waals surface area contributed by atoms with Crippen molar-refractivity contribution in [2.45, 2.75) is 25.3 Å². The standard InChI is InChI=1S/C26H24F4N2O/c27-25(28)26(29,30)17-33-22-8-4-5-18(13-22)15-31-12-11-21-16-32-24-14-20(9-10-23(21)24)19-6-2-1-3-7-19/h1-10,13-14,16,25,31-32H,11-12,15,17H2. The van der Waals surface area contributed by atoms with E-state index in [2.05, 4.69) is 40.6 Å². The second kappa shape index (κ2) is 10.1. The maximum Gasteiger partial charge on any atom is 0.340 e. The van der Waals surface area contributed by atoms with Crippen molar-refractivity contribution in [3.63, 3.8) is 0 Å². The first-order valence-corrected chi connectivity index (χ1v) is 10.7. The number of benzene rings is 3. The molecule has 2 N–H and O–H groups in total. The van der Waals surface area contributed by atoms with Crippen LogP contribution < -0.4 is 10.1 Å². The number of hydrogen-bond acceptors (Lipinski definition) is 2. The summed E-state index contributed by atoms with van der Waals surface area (Å²) in [4.78, 5) is 3.34. The highest BCUT2D eigenvalue weighted by Gasteiger charge is 2.41. The monoisotopic (exact) mass is 456 g/mol. The molecule has 172 valence electrons. The molecule has 0 aliphatic heterocycles. The van der Waals surface area contributed by atoms with Crippen LogP contribution in [0.25, 0.3) is 22.0 Å². The average Bonchev–Trinajstić information content (AvgIpc) is 3.23. The van der Waals surface area contributed by atoms with Crippen LogP contribution in [0.5, 0.6) is 5.75 Å². The van der Waals surface area contributed by atoms with Gasteiger partial charge in [0.25, 0.3) is 0 Å². The first-order valence-electron chi connectivity index (χ1n) is 10.7. The summed E-state index contributed by atoms with van der Waals surface area (Å²) in [6.45, 7) is -0.140. The number of rotatable bonds is 10. The number of ether oxygens (including phenoxy) is 1. The Bertz CT molecular complexity index is 1190. The Labute approximate surface area is 189 Å². The molecular weight excluding hydrogens is 432 g/mol. The van der Waals surface area contributed by atoms with E-state index in [-0.39, 0.29) is 5.75 Å². The minimum atomic E-state index is -4.17. The Morgan fingerprint density at radius 2 is 1.73 bits per heavy atom. The van der Waals surface area contributed by atoms with Gasteiger partial charge in [-0.25, -0.2) is 8.78 Å². The molecule has 4 rings (SSSR count). The summed E-state index contributed by atoms with van der Waals surface area (Å²) >= 11 is 0. The largest absolute Gasteiger partial charge is 0.487 e. The molecular formula is C26H24F4N2O. The molecule has 0 fully saturated rings. The van der Waals surface area contributed by atoms with E-state index in [4.69, 9.17) is 4.74 Å². The Hall–Kier alpha value is -3.32. The van der Waals surface area contributed by atoms with Crippen molar-refractivity contribution in [3.8, 4) is 16.9 Å². The van der Waals surface area contributed by atoms with Gasteiger partial charge in [-0.1, -0.05) is 54.6 Å². The van der Waals surface area contributed by atoms with E-state index >= 15 is 0 Å². The second-order valence-corrected chi connectivity index (χ2v) is 7.86. The third kappa shape index (κ3) is 5.73. The fourth-order valence-corrected chi connectivity index (χ4v) is 3.65. The van der Waals surface area contributed by atoms with Crippen molar-refractivity contribution in [3.05, 3.63) is 90.1 Å². The molecule has 3 nitrogen and oxygen atoms in total. The fraction of sp³-hybridized carbons (Fsp3) is 0.231. The normalized spacial score (nSPS) is 11.9. The van der Waals surface area contributed by atoms with Crippen molar-refractivity contribution >= 4 is 10.9 Å². The number of halogens is 4. The fourth-order valence-electron chi connectivity index (χ4n) is 3.65. The van der Waals surface area contributed by atoms with Crippen LogP contribution in [0.15, 0.2) is 79.0 Å². The Balaban J connectivity index is 1.30. The molecule has 0 spiro atoms. The molecule has 0 saturated carbocycles. The van der Waals surface area contributed by atoms with Crippen LogP contribution in [0, 0.1) is 0 Å². The van der Waals surface area contributed by atoms with E-state index in [1.807, 2.05) is 30.5 Å². The first kappa shape index (κ1) is 22.9. The van der Waals surface area contributed by atoms with Gasteiger partial charge in [0, 0.05) is 23.6 Å². The lowest BCUT2D eigenvalue weighted by Crippen LogP contribution is -2.33. The minimum absolute atomic E-state index is 0.139. The van der Waals surface area contributed by atoms with Crippen LogP contribution >= 0.6 is 0 Å². The maximum atomic E-state index is 13.0. The van der Waals surface area contributed by atoms with Crippen molar-refractivity contribution in [2.75, 3.05) is 13.2 Å². The molecule has 7 heteroatoms. The van der Waals surface area contributed by atoms with Crippen LogP contribution in [-0.2, 0) is 13.0 Å². The molecule has 0 bridgehead atoms. The number of aromatic amines is 1. The van der Waals surface area contributed by atoms with Crippen LogP contribution in [0.1, 0.15) is 11.1 Å². The molecule has 4 aromatic rings. The SMILES string of the molecule is FC(F)C(F)(F)COc1cccc(CNCCc2c[nH]c3cc(-c4ccccc4)ccc23)c1. The van der Waals surface area contributed by atoms with Crippen molar-refractivity contribution in [1.82, 2.24) is 10.3 Å². The second-order valence-electron chi connectivity index (χ2n) is 7.86. The number of alkyl halides is 4. The number of H-pyrrole nitrogens is 1. The summed E-state index contributed by atoms with van der Waals surface area (Å²) in [5, 5.41) is 4.50. The van der Waals surface area contributed by atoms with Gasteiger partial charge in [-0.3, -0.25) is 0 Å². The van der Waals surface area contributed by atoms with Crippen molar-refractivity contribution in [1.29, 1.82) is 0 Å². The van der Waals surface area contributed by atoms with Gasteiger partial charge in [0.1, 0.15) is 5.75 Å². The Kier molecular flexibility index (Phi) is 6.99. The third-order valence-electron chi connectivity index (χ3n) is 5.42. The highest BCUT2D eigenvalue weighted by atomic mass is 19.3. The van der Waals surface area contributed by atoms with Gasteiger partial charge in [0.05, 0.1) is 0 Å². The number of hydrogen-bond donors (Lipinski definition) is 2. The van der Waals surface area contributed by atoms with Gasteiger partial charge < -0.3 is 15.0 Å². The first-order chi connectivity index (χ1) is 15.9. The van der Waals surface area contributed by atoms with Gasteiger partial charge in [-0.2, -0.15) is 8.78 Å². The topological polar surface area (TPSA) is 37.0 Å². The molecule has 3 aromatic carbocycles. The number of aromatic nitrogens is 1. The summed E-state index contributed by atoms with van der Waals surface area (Å²) in [6.07, 6.45) is -0.933. The summed E-state index contributed by atoms with van der Waals surface area (Å²) in [6, 6.07) is 23.1. The lowest BCUT2D eigenvalue weighted by molar-refractivity contribution is -0.148. The van der Waals surface area contributed by atoms with Gasteiger partial charge in [0.15, 0.2) is 6.61 Å². The average molecular weight is 456 g/mol. The lowest BCUT2D eigenvalue weighted by Gasteiger charge is -2.16. The predicted octanol–water partition coefficient (Wildman–Crippen LogP) is 6.45. The van der Waals surface area contributed by atoms with Crippen molar-refractivity contribution in [2.24, 2.45) is 0 Å². The van der Waals surface area contributed by atoms with E-state index in [0.29, 0.717) is 13.1 Å². The van der Waals surface area contributed by atoms with Crippen LogP contribution in [0.2, 0.25) is 0 Å². The van der Waals surface area contributed by atoms with E-state index in [0.717, 1.165) is 23.1 Å². The molecule has 0 amide bonds. The zero-order chi connectivity index (χ0) is 23.3. The van der Waals surface area contributed by atoms with E-state index in [1.165, 1.54) is 22.6 Å². The highest BCUT2D eigenvalue weighted by Crippen LogP contribution is 2.27. The van der Waals surface area contributed by atoms with Gasteiger partial charge in [-0.05, 0) is 53.4 Å². The summed E-state index contributed by atoms with van der Waals surface area (Å²) < 4.78 is 55.5. The molecule has 0 aliphatic carbocycles. The molecule has 0 saturated heterocycles. The summed E-state index contributed by atoms with van der Waals surface area (Å²) in [5.74, 6) is -4.03. The molecule has 0 atom stereocenters. The van der Waals surface area contributed by atoms with Crippen LogP contribution in [-0.4, -0.2) is 30.5 Å². The molecule has 1 heterocycles. The Morgan fingerprint density at radius 3 is 2.52 bits per heavy atom. The minimum Gasteiger partial charge on any atom is -0.487 e. The van der Waals surface area contributed by atoms with Gasteiger partial charge >= 0.3 is 12.3 Å². The lowest BCUT2D eigenvalue weighted by atomic mass is 10.0. The molecule has 0 radical (unpaired) electrons. The molecule has 33 heavy (non-hydrogen) atoms. The predicted molar refractivity (Wildman–Crippen MR) is 122 cm³/mol. The quantitative estimate of drug-likeness (QED) is 0.213. The maximum absolute atomic E-state index is 13.0. The van der Waals surface area contributed by atoms with E-state index < -0.39 is 19.0 Å². The summed E-state index contributed by atoms with van der Waals surface area (Å²) in [7, 11) is 0. The molecule has 0 aliphatic rings. The zero-order valence-corrected chi connectivity index (χ0v) is 17.8. The molecule has 1 aromatic heterocycles. The van der Waals surface area contributed by atoms with Gasteiger partial charge in [-0.15, -0.1) is 0 Å². The number of nitrogens with one attached hydrogen (secondary N) is 2. The van der Waals surface area contributed by atoms with E-state index in [9.17, 15) is 17.6 Å². The zero-order valence-electron chi connectivity index (χ0n) is 17.8. The van der Waals surface area contributed by atoms with Crippen molar-refractivity contribution < 1.29 is 22.3 Å². The highest BCUT2D eigenvalue weighted by molar-refractivity contribution is 5.87. The third-order valence-corrected chi connectivity index (χ3v) is 5.42. The van der Waals surface area contributed by atoms with Crippen LogP contribution in [0.3, 0.4) is 0 Å².